The highest BCUT2D eigenvalue weighted by atomic mass is 32.2. The second-order valence-corrected chi connectivity index (χ2v) is 8.82. The Balaban J connectivity index is 1.65. The molecule has 0 unspecified atom stereocenters. The van der Waals surface area contributed by atoms with E-state index in [1.54, 1.807) is 11.4 Å². The van der Waals surface area contributed by atoms with Crippen LogP contribution in [0.5, 0.6) is 5.75 Å². The number of hydrogen-bond donors (Lipinski definition) is 0. The van der Waals surface area contributed by atoms with Gasteiger partial charge in [-0.05, 0) is 34.4 Å². The van der Waals surface area contributed by atoms with E-state index in [1.165, 1.54) is 22.6 Å². The van der Waals surface area contributed by atoms with Gasteiger partial charge in [0.25, 0.3) is 0 Å². The zero-order valence-corrected chi connectivity index (χ0v) is 15.9. The number of ether oxygens (including phenoxy) is 1. The van der Waals surface area contributed by atoms with Gasteiger partial charge in [-0.1, -0.05) is 31.2 Å². The summed E-state index contributed by atoms with van der Waals surface area (Å²) in [5.41, 5.74) is 1.31. The van der Waals surface area contributed by atoms with Crippen LogP contribution in [0, 0.1) is 0 Å². The van der Waals surface area contributed by atoms with Crippen molar-refractivity contribution in [1.29, 1.82) is 0 Å². The lowest BCUT2D eigenvalue weighted by molar-refractivity contribution is 0.182. The predicted molar refractivity (Wildman–Crippen MR) is 102 cm³/mol. The van der Waals surface area contributed by atoms with Crippen LogP contribution in [0.3, 0.4) is 0 Å². The molecule has 136 valence electrons. The number of rotatable bonds is 5. The molecular formula is C19H26N2O3S. The van der Waals surface area contributed by atoms with E-state index in [9.17, 15) is 8.42 Å². The largest absolute Gasteiger partial charge is 0.497 e. The summed E-state index contributed by atoms with van der Waals surface area (Å²) in [6.45, 7) is 5.93. The van der Waals surface area contributed by atoms with E-state index in [0.717, 1.165) is 25.4 Å². The number of methoxy groups -OCH3 is 1. The molecule has 0 aromatic heterocycles. The lowest BCUT2D eigenvalue weighted by atomic mass is 9.97. The van der Waals surface area contributed by atoms with Crippen molar-refractivity contribution < 1.29 is 13.2 Å². The number of sulfonamides is 1. The minimum absolute atomic E-state index is 0.399. The van der Waals surface area contributed by atoms with Gasteiger partial charge in [-0.3, -0.25) is 0 Å². The molecule has 1 aliphatic heterocycles. The predicted octanol–water partition coefficient (Wildman–Crippen LogP) is 2.53. The number of hydrogen-bond acceptors (Lipinski definition) is 4. The molecule has 1 heterocycles. The fraction of sp³-hybridized carbons (Fsp3) is 0.474. The van der Waals surface area contributed by atoms with Gasteiger partial charge >= 0.3 is 0 Å². The third-order valence-corrected chi connectivity index (χ3v) is 6.28. The highest BCUT2D eigenvalue weighted by Crippen LogP contribution is 2.26. The number of fused-ring (bicyclic) bond motifs is 1. The molecule has 0 aliphatic carbocycles. The Morgan fingerprint density at radius 1 is 1.04 bits per heavy atom. The Morgan fingerprint density at radius 2 is 1.68 bits per heavy atom. The van der Waals surface area contributed by atoms with Crippen LogP contribution in [0.2, 0.25) is 0 Å². The molecule has 3 rings (SSSR count). The molecule has 1 fully saturated rings. The van der Waals surface area contributed by atoms with Gasteiger partial charge in [0.2, 0.25) is 10.0 Å². The number of piperazine rings is 1. The number of benzene rings is 2. The fourth-order valence-corrected chi connectivity index (χ4v) is 4.24. The van der Waals surface area contributed by atoms with E-state index in [4.69, 9.17) is 4.74 Å². The molecule has 0 spiro atoms. The second kappa shape index (κ2) is 7.32. The van der Waals surface area contributed by atoms with Crippen LogP contribution in [0.1, 0.15) is 18.4 Å². The summed E-state index contributed by atoms with van der Waals surface area (Å²) < 4.78 is 30.1. The van der Waals surface area contributed by atoms with Crippen molar-refractivity contribution >= 4 is 20.8 Å². The lowest BCUT2D eigenvalue weighted by Crippen LogP contribution is -2.49. The monoisotopic (exact) mass is 362 g/mol. The normalized spacial score (nSPS) is 18.4. The second-order valence-electron chi connectivity index (χ2n) is 6.84. The summed E-state index contributed by atoms with van der Waals surface area (Å²) in [4.78, 5) is 2.35. The molecular weight excluding hydrogens is 336 g/mol. The van der Waals surface area contributed by atoms with Gasteiger partial charge in [-0.2, -0.15) is 4.31 Å². The molecule has 5 nitrogen and oxygen atoms in total. The van der Waals surface area contributed by atoms with Crippen molar-refractivity contribution in [2.45, 2.75) is 12.8 Å². The standard InChI is InChI=1S/C19H26N2O3S/c1-15(14-20-8-10-21(11-9-20)25(3,22)23)16-4-5-18-13-19(24-2)7-6-17(18)12-16/h4-7,12-13,15H,8-11,14H2,1-3H3/t15-/m1/s1. The van der Waals surface area contributed by atoms with Crippen LogP contribution >= 0.6 is 0 Å². The zero-order valence-electron chi connectivity index (χ0n) is 15.1. The summed E-state index contributed by atoms with van der Waals surface area (Å²) in [5.74, 6) is 1.27. The van der Waals surface area contributed by atoms with Gasteiger partial charge in [0.1, 0.15) is 5.75 Å². The first kappa shape index (κ1) is 18.2. The average molecular weight is 362 g/mol. The van der Waals surface area contributed by atoms with Gasteiger partial charge in [0.15, 0.2) is 0 Å². The lowest BCUT2D eigenvalue weighted by Gasteiger charge is -2.34. The maximum Gasteiger partial charge on any atom is 0.211 e. The van der Waals surface area contributed by atoms with Crippen LogP contribution in [0.4, 0.5) is 0 Å². The molecule has 2 aromatic rings. The van der Waals surface area contributed by atoms with E-state index in [0.29, 0.717) is 19.0 Å². The topological polar surface area (TPSA) is 49.9 Å². The fourth-order valence-electron chi connectivity index (χ4n) is 3.41. The summed E-state index contributed by atoms with van der Waals surface area (Å²) in [6, 6.07) is 12.7. The first-order chi connectivity index (χ1) is 11.9. The Labute approximate surface area is 150 Å². The molecule has 1 atom stereocenters. The molecule has 0 saturated carbocycles. The number of nitrogens with zero attached hydrogens (tertiary/aromatic N) is 2. The third kappa shape index (κ3) is 4.32. The average Bonchev–Trinajstić information content (AvgIpc) is 2.60. The maximum absolute atomic E-state index is 11.6. The van der Waals surface area contributed by atoms with Crippen LogP contribution in [0.25, 0.3) is 10.8 Å². The molecule has 25 heavy (non-hydrogen) atoms. The zero-order chi connectivity index (χ0) is 18.0. The van der Waals surface area contributed by atoms with Gasteiger partial charge in [0.05, 0.1) is 13.4 Å². The SMILES string of the molecule is COc1ccc2cc([C@H](C)CN3CCN(S(C)(=O)=O)CC3)ccc2c1. The van der Waals surface area contributed by atoms with Crippen molar-refractivity contribution in [3.05, 3.63) is 42.0 Å². The van der Waals surface area contributed by atoms with E-state index in [2.05, 4.69) is 36.1 Å². The Bertz CT molecular complexity index is 843. The maximum atomic E-state index is 11.6. The molecule has 1 saturated heterocycles. The third-order valence-electron chi connectivity index (χ3n) is 4.97. The van der Waals surface area contributed by atoms with Crippen molar-refractivity contribution in [2.75, 3.05) is 46.1 Å². The van der Waals surface area contributed by atoms with Crippen molar-refractivity contribution in [2.24, 2.45) is 0 Å². The van der Waals surface area contributed by atoms with Crippen LogP contribution in [0.15, 0.2) is 36.4 Å². The minimum atomic E-state index is -3.06. The summed E-state index contributed by atoms with van der Waals surface area (Å²) in [7, 11) is -1.38. The first-order valence-electron chi connectivity index (χ1n) is 8.62. The first-order valence-corrected chi connectivity index (χ1v) is 10.5. The summed E-state index contributed by atoms with van der Waals surface area (Å²) in [5, 5.41) is 2.39. The van der Waals surface area contributed by atoms with E-state index < -0.39 is 10.0 Å². The highest BCUT2D eigenvalue weighted by molar-refractivity contribution is 7.88. The Morgan fingerprint density at radius 3 is 2.32 bits per heavy atom. The minimum Gasteiger partial charge on any atom is -0.497 e. The van der Waals surface area contributed by atoms with Gasteiger partial charge in [-0.25, -0.2) is 8.42 Å². The van der Waals surface area contributed by atoms with Crippen molar-refractivity contribution in [3.8, 4) is 5.75 Å². The van der Waals surface area contributed by atoms with Crippen LogP contribution in [-0.2, 0) is 10.0 Å². The smallest absolute Gasteiger partial charge is 0.211 e. The molecule has 0 bridgehead atoms. The van der Waals surface area contributed by atoms with E-state index in [1.807, 2.05) is 12.1 Å². The summed E-state index contributed by atoms with van der Waals surface area (Å²) in [6.07, 6.45) is 1.29. The quantitative estimate of drug-likeness (QED) is 0.820. The van der Waals surface area contributed by atoms with Crippen LogP contribution < -0.4 is 4.74 Å². The van der Waals surface area contributed by atoms with Crippen molar-refractivity contribution in [3.63, 3.8) is 0 Å². The van der Waals surface area contributed by atoms with Gasteiger partial charge < -0.3 is 9.64 Å². The molecule has 2 aromatic carbocycles. The molecule has 0 amide bonds. The Kier molecular flexibility index (Phi) is 5.32. The van der Waals surface area contributed by atoms with Gasteiger partial charge in [-0.15, -0.1) is 0 Å². The Hall–Kier alpha value is -1.63. The molecule has 0 N–H and O–H groups in total. The summed E-state index contributed by atoms with van der Waals surface area (Å²) >= 11 is 0. The molecule has 1 aliphatic rings. The molecule has 6 heteroatoms. The van der Waals surface area contributed by atoms with Crippen LogP contribution in [-0.4, -0.2) is 63.7 Å². The van der Waals surface area contributed by atoms with Crippen molar-refractivity contribution in [1.82, 2.24) is 9.21 Å². The highest BCUT2D eigenvalue weighted by Gasteiger charge is 2.24. The van der Waals surface area contributed by atoms with E-state index >= 15 is 0 Å². The van der Waals surface area contributed by atoms with Gasteiger partial charge in [0, 0.05) is 32.7 Å². The molecule has 0 radical (unpaired) electrons. The van der Waals surface area contributed by atoms with E-state index in [-0.39, 0.29) is 0 Å².